The van der Waals surface area contributed by atoms with Crippen LogP contribution >= 0.6 is 11.3 Å². The van der Waals surface area contributed by atoms with Crippen molar-refractivity contribution in [1.82, 2.24) is 19.9 Å². The first kappa shape index (κ1) is 22.4. The van der Waals surface area contributed by atoms with Crippen LogP contribution in [-0.2, 0) is 18.3 Å². The van der Waals surface area contributed by atoms with Crippen LogP contribution in [0.25, 0.3) is 21.5 Å². The number of ether oxygens (including phenoxy) is 1. The summed E-state index contributed by atoms with van der Waals surface area (Å²) in [7, 11) is 1.91. The lowest BCUT2D eigenvalue weighted by molar-refractivity contribution is 0.0337. The molecule has 174 valence electrons. The molecular weight excluding hydrogens is 453 g/mol. The predicted molar refractivity (Wildman–Crippen MR) is 132 cm³/mol. The second-order valence-electron chi connectivity index (χ2n) is 8.17. The molecule has 1 aliphatic heterocycles. The molecular formula is C25H24FN5O2S. The summed E-state index contributed by atoms with van der Waals surface area (Å²) < 4.78 is 20.4. The number of hydrogen-bond donors (Lipinski definition) is 1. The minimum absolute atomic E-state index is 0.312. The Hall–Kier alpha value is -3.40. The van der Waals surface area contributed by atoms with Crippen LogP contribution in [0.2, 0.25) is 0 Å². The first-order chi connectivity index (χ1) is 16.6. The Kier molecular flexibility index (Phi) is 6.48. The van der Waals surface area contributed by atoms with Gasteiger partial charge in [-0.1, -0.05) is 12.1 Å². The van der Waals surface area contributed by atoms with Gasteiger partial charge in [0.2, 0.25) is 0 Å². The third kappa shape index (κ3) is 4.91. The summed E-state index contributed by atoms with van der Waals surface area (Å²) in [5.41, 5.74) is 6.76. The van der Waals surface area contributed by atoms with Gasteiger partial charge in [-0.05, 0) is 35.9 Å². The van der Waals surface area contributed by atoms with E-state index in [0.717, 1.165) is 60.0 Å². The molecule has 3 heterocycles. The van der Waals surface area contributed by atoms with Crippen LogP contribution in [-0.4, -0.2) is 52.9 Å². The lowest BCUT2D eigenvalue weighted by Gasteiger charge is -2.25. The van der Waals surface area contributed by atoms with E-state index in [1.807, 2.05) is 29.8 Å². The maximum atomic E-state index is 13.0. The Morgan fingerprint density at radius 1 is 1.24 bits per heavy atom. The van der Waals surface area contributed by atoms with Gasteiger partial charge < -0.3 is 9.30 Å². The lowest BCUT2D eigenvalue weighted by atomic mass is 10.1. The number of morpholine rings is 1. The van der Waals surface area contributed by atoms with Crippen molar-refractivity contribution in [3.8, 4) is 10.6 Å². The molecule has 0 atom stereocenters. The maximum absolute atomic E-state index is 13.0. The number of thiazole rings is 1. The average molecular weight is 478 g/mol. The predicted octanol–water partition coefficient (Wildman–Crippen LogP) is 4.04. The largest absolute Gasteiger partial charge is 0.379 e. The Bertz CT molecular complexity index is 1340. The Morgan fingerprint density at radius 2 is 2.03 bits per heavy atom. The minimum Gasteiger partial charge on any atom is -0.379 e. The zero-order valence-corrected chi connectivity index (χ0v) is 19.5. The van der Waals surface area contributed by atoms with Crippen LogP contribution in [0.3, 0.4) is 0 Å². The maximum Gasteiger partial charge on any atom is 0.273 e. The summed E-state index contributed by atoms with van der Waals surface area (Å²) in [6.07, 6.45) is 3.28. The lowest BCUT2D eigenvalue weighted by Crippen LogP contribution is -2.35. The first-order valence-electron chi connectivity index (χ1n) is 11.0. The summed E-state index contributed by atoms with van der Waals surface area (Å²) in [6.45, 7) is 4.18. The molecule has 1 fully saturated rings. The Balaban J connectivity index is 1.35. The monoisotopic (exact) mass is 477 g/mol. The highest BCUT2D eigenvalue weighted by Gasteiger charge is 2.17. The molecule has 1 amide bonds. The van der Waals surface area contributed by atoms with Gasteiger partial charge in [0.25, 0.3) is 5.91 Å². The number of carbonyl (C=O) groups is 1. The summed E-state index contributed by atoms with van der Waals surface area (Å²) in [6, 6.07) is 11.9. The number of hydrogen-bond acceptors (Lipinski definition) is 6. The van der Waals surface area contributed by atoms with E-state index >= 15 is 0 Å². The smallest absolute Gasteiger partial charge is 0.273 e. The zero-order chi connectivity index (χ0) is 23.5. The summed E-state index contributed by atoms with van der Waals surface area (Å²) in [5, 5.41) is 7.88. The van der Waals surface area contributed by atoms with Crippen LogP contribution in [0.15, 0.2) is 59.1 Å². The van der Waals surface area contributed by atoms with E-state index in [-0.39, 0.29) is 11.7 Å². The van der Waals surface area contributed by atoms with Gasteiger partial charge in [0, 0.05) is 54.7 Å². The van der Waals surface area contributed by atoms with E-state index in [1.54, 1.807) is 29.7 Å². The molecule has 0 saturated carbocycles. The fourth-order valence-corrected chi connectivity index (χ4v) is 4.79. The Morgan fingerprint density at radius 3 is 2.82 bits per heavy atom. The number of nitrogens with zero attached hydrogens (tertiary/aromatic N) is 4. The number of rotatable bonds is 6. The van der Waals surface area contributed by atoms with Crippen LogP contribution in [0.4, 0.5) is 4.39 Å². The molecule has 5 rings (SSSR count). The van der Waals surface area contributed by atoms with Crippen molar-refractivity contribution in [2.45, 2.75) is 6.54 Å². The first-order valence-corrected chi connectivity index (χ1v) is 11.9. The molecule has 2 aromatic carbocycles. The van der Waals surface area contributed by atoms with Crippen molar-refractivity contribution in [3.05, 3.63) is 76.7 Å². The van der Waals surface area contributed by atoms with Gasteiger partial charge in [0.05, 0.1) is 30.7 Å². The number of halogens is 1. The molecule has 0 spiro atoms. The number of fused-ring (bicyclic) bond motifs is 1. The fraction of sp³-hybridized carbons (Fsp3) is 0.240. The van der Waals surface area contributed by atoms with Gasteiger partial charge in [0.1, 0.15) is 10.8 Å². The van der Waals surface area contributed by atoms with Gasteiger partial charge in [-0.15, -0.1) is 11.3 Å². The third-order valence-corrected chi connectivity index (χ3v) is 6.71. The van der Waals surface area contributed by atoms with Crippen molar-refractivity contribution in [1.29, 1.82) is 0 Å². The number of benzene rings is 2. The third-order valence-electron chi connectivity index (χ3n) is 5.77. The molecule has 0 bridgehead atoms. The van der Waals surface area contributed by atoms with E-state index in [1.165, 1.54) is 18.3 Å². The molecule has 34 heavy (non-hydrogen) atoms. The van der Waals surface area contributed by atoms with E-state index < -0.39 is 0 Å². The zero-order valence-electron chi connectivity index (χ0n) is 18.7. The minimum atomic E-state index is -0.318. The number of aromatic nitrogens is 2. The second kappa shape index (κ2) is 9.84. The van der Waals surface area contributed by atoms with E-state index in [4.69, 9.17) is 9.72 Å². The molecule has 9 heteroatoms. The van der Waals surface area contributed by atoms with Gasteiger partial charge in [-0.2, -0.15) is 5.10 Å². The highest BCUT2D eigenvalue weighted by Crippen LogP contribution is 2.30. The van der Waals surface area contributed by atoms with Crippen molar-refractivity contribution >= 4 is 34.4 Å². The van der Waals surface area contributed by atoms with Crippen molar-refractivity contribution in [2.24, 2.45) is 12.1 Å². The van der Waals surface area contributed by atoms with Crippen LogP contribution < -0.4 is 5.43 Å². The number of amides is 1. The molecule has 4 aromatic rings. The Labute approximate surface area is 200 Å². The van der Waals surface area contributed by atoms with E-state index in [0.29, 0.717) is 11.1 Å². The van der Waals surface area contributed by atoms with E-state index in [9.17, 15) is 9.18 Å². The molecule has 0 unspecified atom stereocenters. The van der Waals surface area contributed by atoms with Crippen molar-refractivity contribution in [3.63, 3.8) is 0 Å². The summed E-state index contributed by atoms with van der Waals surface area (Å²) in [4.78, 5) is 20.0. The number of hydrazone groups is 1. The highest BCUT2D eigenvalue weighted by atomic mass is 32.1. The quantitative estimate of drug-likeness (QED) is 0.336. The van der Waals surface area contributed by atoms with Gasteiger partial charge >= 0.3 is 0 Å². The molecule has 0 aliphatic carbocycles. The van der Waals surface area contributed by atoms with E-state index in [2.05, 4.69) is 20.8 Å². The molecule has 1 aliphatic rings. The van der Waals surface area contributed by atoms with Crippen LogP contribution in [0.5, 0.6) is 0 Å². The van der Waals surface area contributed by atoms with Gasteiger partial charge in [-0.25, -0.2) is 14.8 Å². The van der Waals surface area contributed by atoms with Crippen LogP contribution in [0, 0.1) is 5.82 Å². The number of carbonyl (C=O) groups excluding carboxylic acids is 1. The normalized spacial score (nSPS) is 14.8. The molecule has 2 aromatic heterocycles. The van der Waals surface area contributed by atoms with Crippen molar-refractivity contribution < 1.29 is 13.9 Å². The van der Waals surface area contributed by atoms with Gasteiger partial charge in [-0.3, -0.25) is 9.69 Å². The van der Waals surface area contributed by atoms with Crippen molar-refractivity contribution in [2.75, 3.05) is 26.3 Å². The average Bonchev–Trinajstić information content (AvgIpc) is 3.45. The van der Waals surface area contributed by atoms with Crippen LogP contribution in [0.1, 0.15) is 21.6 Å². The molecule has 1 saturated heterocycles. The highest BCUT2D eigenvalue weighted by molar-refractivity contribution is 7.13. The fourth-order valence-electron chi connectivity index (χ4n) is 3.98. The SMILES string of the molecule is Cn1cc(C(=O)N/N=C/c2ccc(F)cc2)c2cc(-c3nc(CN4CCOCC4)cs3)ccc21. The number of aryl methyl sites for hydroxylation is 1. The number of nitrogens with one attached hydrogen (secondary N) is 1. The molecule has 1 N–H and O–H groups in total. The summed E-state index contributed by atoms with van der Waals surface area (Å²) in [5.74, 6) is -0.630. The molecule has 7 nitrogen and oxygen atoms in total. The standard InChI is InChI=1S/C25H24FN5O2S/c1-30-15-22(24(32)29-27-13-17-2-5-19(26)6-3-17)21-12-18(4-7-23(21)30)25-28-20(16-34-25)14-31-8-10-33-11-9-31/h2-7,12-13,15-16H,8-11,14H2,1H3,(H,29,32)/b27-13+. The second-order valence-corrected chi connectivity index (χ2v) is 9.03. The summed E-state index contributed by atoms with van der Waals surface area (Å²) >= 11 is 1.61. The van der Waals surface area contributed by atoms with Gasteiger partial charge in [0.15, 0.2) is 0 Å². The molecule has 0 radical (unpaired) electrons. The topological polar surface area (TPSA) is 71.8 Å².